The monoisotopic (exact) mass is 338 g/mol. The summed E-state index contributed by atoms with van der Waals surface area (Å²) in [6, 6.07) is 7.63. The molecule has 0 saturated carbocycles. The van der Waals surface area contributed by atoms with Crippen LogP contribution in [0.2, 0.25) is 5.02 Å². The molecule has 2 aromatic rings. The zero-order valence-electron chi connectivity index (χ0n) is 12.9. The van der Waals surface area contributed by atoms with Crippen molar-refractivity contribution in [3.8, 4) is 0 Å². The van der Waals surface area contributed by atoms with Crippen LogP contribution >= 0.6 is 22.9 Å². The number of nitrogens with zero attached hydrogens (tertiary/aromatic N) is 2. The second-order valence-electron chi connectivity index (χ2n) is 4.97. The summed E-state index contributed by atoms with van der Waals surface area (Å²) in [5, 5.41) is 1.34. The highest BCUT2D eigenvalue weighted by Crippen LogP contribution is 2.35. The lowest BCUT2D eigenvalue weighted by Gasteiger charge is -2.23. The fraction of sp³-hybridized carbons (Fsp3) is 0.375. The van der Waals surface area contributed by atoms with Gasteiger partial charge in [-0.05, 0) is 19.9 Å². The van der Waals surface area contributed by atoms with Crippen LogP contribution in [0.4, 0.5) is 0 Å². The molecule has 0 atom stereocenters. The molecule has 2 amide bonds. The Bertz CT molecular complexity index is 695. The maximum Gasteiger partial charge on any atom is 0.265 e. The molecule has 1 aromatic heterocycles. The minimum absolute atomic E-state index is 0.0573. The Labute approximate surface area is 139 Å². The molecule has 0 aliphatic heterocycles. The van der Waals surface area contributed by atoms with Gasteiger partial charge in [-0.15, -0.1) is 11.3 Å². The van der Waals surface area contributed by atoms with E-state index in [1.54, 1.807) is 11.9 Å². The molecular formula is C16H19ClN2O2S. The fourth-order valence-corrected chi connectivity index (χ4v) is 3.78. The van der Waals surface area contributed by atoms with Gasteiger partial charge in [-0.1, -0.05) is 29.8 Å². The Balaban J connectivity index is 2.19. The largest absolute Gasteiger partial charge is 0.342 e. The summed E-state index contributed by atoms with van der Waals surface area (Å²) in [5.41, 5.74) is 0. The number of thiophene rings is 1. The van der Waals surface area contributed by atoms with Crippen molar-refractivity contribution < 1.29 is 9.59 Å². The third-order valence-electron chi connectivity index (χ3n) is 3.56. The predicted octanol–water partition coefficient (Wildman–Crippen LogP) is 3.50. The molecule has 0 saturated heterocycles. The van der Waals surface area contributed by atoms with Crippen molar-refractivity contribution in [2.45, 2.75) is 13.8 Å². The summed E-state index contributed by atoms with van der Waals surface area (Å²) in [7, 11) is 1.63. The normalized spacial score (nSPS) is 10.7. The van der Waals surface area contributed by atoms with E-state index in [-0.39, 0.29) is 18.4 Å². The zero-order valence-corrected chi connectivity index (χ0v) is 14.5. The van der Waals surface area contributed by atoms with Gasteiger partial charge in [-0.3, -0.25) is 9.59 Å². The lowest BCUT2D eigenvalue weighted by molar-refractivity contribution is -0.131. The van der Waals surface area contributed by atoms with Gasteiger partial charge in [0.15, 0.2) is 0 Å². The molecule has 0 aliphatic rings. The summed E-state index contributed by atoms with van der Waals surface area (Å²) >= 11 is 7.68. The van der Waals surface area contributed by atoms with E-state index in [4.69, 9.17) is 11.6 Å². The first kappa shape index (κ1) is 16.8. The van der Waals surface area contributed by atoms with Crippen LogP contribution < -0.4 is 0 Å². The molecule has 0 fully saturated rings. The van der Waals surface area contributed by atoms with E-state index in [9.17, 15) is 9.59 Å². The number of likely N-dealkylation sites (N-methyl/N-ethyl adjacent to an activating group) is 2. The van der Waals surface area contributed by atoms with Gasteiger partial charge in [0.2, 0.25) is 5.91 Å². The number of carbonyl (C=O) groups is 2. The van der Waals surface area contributed by atoms with Crippen LogP contribution in [-0.2, 0) is 4.79 Å². The molecule has 0 aliphatic carbocycles. The molecule has 0 spiro atoms. The van der Waals surface area contributed by atoms with Crippen LogP contribution in [0.15, 0.2) is 24.3 Å². The Morgan fingerprint density at radius 1 is 1.18 bits per heavy atom. The van der Waals surface area contributed by atoms with Gasteiger partial charge in [0.1, 0.15) is 4.88 Å². The quantitative estimate of drug-likeness (QED) is 0.837. The van der Waals surface area contributed by atoms with Crippen LogP contribution in [0.1, 0.15) is 23.5 Å². The highest BCUT2D eigenvalue weighted by molar-refractivity contribution is 7.21. The van der Waals surface area contributed by atoms with Crippen molar-refractivity contribution in [1.82, 2.24) is 9.80 Å². The maximum absolute atomic E-state index is 12.6. The topological polar surface area (TPSA) is 40.6 Å². The van der Waals surface area contributed by atoms with Gasteiger partial charge >= 0.3 is 0 Å². The molecule has 22 heavy (non-hydrogen) atoms. The number of hydrogen-bond donors (Lipinski definition) is 0. The molecule has 1 aromatic carbocycles. The second-order valence-corrected chi connectivity index (χ2v) is 6.40. The lowest BCUT2D eigenvalue weighted by atomic mass is 10.2. The highest BCUT2D eigenvalue weighted by atomic mass is 35.5. The Kier molecular flexibility index (Phi) is 5.42. The molecule has 1 heterocycles. The Morgan fingerprint density at radius 2 is 1.82 bits per heavy atom. The molecule has 118 valence electrons. The SMILES string of the molecule is CCN(CC)C(=O)CN(C)C(=O)c1sc2ccccc2c1Cl. The van der Waals surface area contributed by atoms with Gasteiger partial charge in [0.25, 0.3) is 5.91 Å². The zero-order chi connectivity index (χ0) is 16.3. The molecule has 0 N–H and O–H groups in total. The molecule has 4 nitrogen and oxygen atoms in total. The third kappa shape index (κ3) is 3.25. The summed E-state index contributed by atoms with van der Waals surface area (Å²) in [4.78, 5) is 28.3. The van der Waals surface area contributed by atoms with Gasteiger partial charge in [-0.2, -0.15) is 0 Å². The minimum atomic E-state index is -0.216. The lowest BCUT2D eigenvalue weighted by Crippen LogP contribution is -2.40. The average Bonchev–Trinajstić information content (AvgIpc) is 2.85. The number of halogens is 1. The van der Waals surface area contributed by atoms with Crippen molar-refractivity contribution in [3.05, 3.63) is 34.2 Å². The third-order valence-corrected chi connectivity index (χ3v) is 5.23. The van der Waals surface area contributed by atoms with Crippen LogP contribution in [0.5, 0.6) is 0 Å². The summed E-state index contributed by atoms with van der Waals surface area (Å²) in [5.74, 6) is -0.273. The maximum atomic E-state index is 12.6. The Morgan fingerprint density at radius 3 is 2.41 bits per heavy atom. The molecule has 0 radical (unpaired) electrons. The van der Waals surface area contributed by atoms with E-state index in [2.05, 4.69) is 0 Å². The highest BCUT2D eigenvalue weighted by Gasteiger charge is 2.22. The molecular weight excluding hydrogens is 320 g/mol. The van der Waals surface area contributed by atoms with E-state index >= 15 is 0 Å². The molecule has 2 rings (SSSR count). The molecule has 0 unspecified atom stereocenters. The van der Waals surface area contributed by atoms with E-state index in [1.807, 2.05) is 38.1 Å². The second kappa shape index (κ2) is 7.11. The van der Waals surface area contributed by atoms with Gasteiger partial charge in [-0.25, -0.2) is 0 Å². The first-order valence-electron chi connectivity index (χ1n) is 7.19. The average molecular weight is 339 g/mol. The van der Waals surface area contributed by atoms with E-state index in [1.165, 1.54) is 16.2 Å². The summed E-state index contributed by atoms with van der Waals surface area (Å²) < 4.78 is 0.972. The van der Waals surface area contributed by atoms with Crippen LogP contribution in [-0.4, -0.2) is 48.3 Å². The molecule has 0 bridgehead atoms. The minimum Gasteiger partial charge on any atom is -0.342 e. The summed E-state index contributed by atoms with van der Waals surface area (Å²) in [6.07, 6.45) is 0. The van der Waals surface area contributed by atoms with E-state index < -0.39 is 0 Å². The van der Waals surface area contributed by atoms with Gasteiger partial charge in [0, 0.05) is 30.2 Å². The van der Waals surface area contributed by atoms with Crippen LogP contribution in [0.25, 0.3) is 10.1 Å². The first-order chi connectivity index (χ1) is 10.5. The van der Waals surface area contributed by atoms with Gasteiger partial charge in [0.05, 0.1) is 11.6 Å². The van der Waals surface area contributed by atoms with Gasteiger partial charge < -0.3 is 9.80 Å². The number of fused-ring (bicyclic) bond motifs is 1. The van der Waals surface area contributed by atoms with Crippen LogP contribution in [0.3, 0.4) is 0 Å². The number of carbonyl (C=O) groups excluding carboxylic acids is 2. The van der Waals surface area contributed by atoms with Crippen LogP contribution in [0, 0.1) is 0 Å². The van der Waals surface area contributed by atoms with Crippen molar-refractivity contribution in [3.63, 3.8) is 0 Å². The van der Waals surface area contributed by atoms with Crippen molar-refractivity contribution in [1.29, 1.82) is 0 Å². The van der Waals surface area contributed by atoms with Crippen molar-refractivity contribution in [2.24, 2.45) is 0 Å². The first-order valence-corrected chi connectivity index (χ1v) is 8.39. The van der Waals surface area contributed by atoms with Crippen molar-refractivity contribution >= 4 is 44.8 Å². The van der Waals surface area contributed by atoms with Crippen molar-refractivity contribution in [2.75, 3.05) is 26.7 Å². The fourth-order valence-electron chi connectivity index (χ4n) is 2.28. The smallest absolute Gasteiger partial charge is 0.265 e. The number of amides is 2. The summed E-state index contributed by atoms with van der Waals surface area (Å²) in [6.45, 7) is 5.19. The van der Waals surface area contributed by atoms with E-state index in [0.29, 0.717) is 23.0 Å². The standard InChI is InChI=1S/C16H19ClN2O2S/c1-4-19(5-2)13(20)10-18(3)16(21)15-14(17)11-8-6-7-9-12(11)22-15/h6-9H,4-5,10H2,1-3H3. The number of hydrogen-bond acceptors (Lipinski definition) is 3. The van der Waals surface area contributed by atoms with E-state index in [0.717, 1.165) is 10.1 Å². The predicted molar refractivity (Wildman–Crippen MR) is 91.7 cm³/mol. The molecule has 6 heteroatoms. The Hall–Kier alpha value is -1.59. The number of rotatable bonds is 5. The number of benzene rings is 1.